The summed E-state index contributed by atoms with van der Waals surface area (Å²) >= 11 is 0. The molecule has 0 bridgehead atoms. The van der Waals surface area contributed by atoms with Crippen molar-refractivity contribution in [2.45, 2.75) is 26.7 Å². The second-order valence-electron chi connectivity index (χ2n) is 4.05. The lowest BCUT2D eigenvalue weighted by molar-refractivity contribution is -0.135. The van der Waals surface area contributed by atoms with Crippen LogP contribution in [0.5, 0.6) is 0 Å². The fourth-order valence-electron chi connectivity index (χ4n) is 1.18. The average molecular weight is 184 g/mol. The fraction of sp³-hybridized carbons (Fsp3) is 0.778. The van der Waals surface area contributed by atoms with Gasteiger partial charge in [0.15, 0.2) is 0 Å². The molecule has 0 unspecified atom stereocenters. The van der Waals surface area contributed by atoms with Gasteiger partial charge < -0.3 is 11.1 Å². The minimum Gasteiger partial charge on any atom is -0.369 e. The highest BCUT2D eigenvalue weighted by Gasteiger charge is 2.55. The molecule has 1 fully saturated rings. The highest BCUT2D eigenvalue weighted by atomic mass is 16.2. The summed E-state index contributed by atoms with van der Waals surface area (Å²) in [5.74, 6) is -0.296. The first-order valence-corrected chi connectivity index (χ1v) is 4.57. The first kappa shape index (κ1) is 10.0. The lowest BCUT2D eigenvalue weighted by Gasteiger charge is -2.12. The minimum absolute atomic E-state index is 0.200. The summed E-state index contributed by atoms with van der Waals surface area (Å²) in [6, 6.07) is 0. The maximum Gasteiger partial charge on any atom is 0.235 e. The van der Waals surface area contributed by atoms with Gasteiger partial charge in [-0.25, -0.2) is 0 Å². The van der Waals surface area contributed by atoms with Crippen LogP contribution in [0, 0.1) is 11.3 Å². The van der Waals surface area contributed by atoms with Crippen LogP contribution in [0.3, 0.4) is 0 Å². The topological polar surface area (TPSA) is 72.2 Å². The van der Waals surface area contributed by atoms with Crippen LogP contribution in [0.2, 0.25) is 0 Å². The van der Waals surface area contributed by atoms with Gasteiger partial charge in [0.2, 0.25) is 11.8 Å². The smallest absolute Gasteiger partial charge is 0.235 e. The molecular formula is C9H16N2O2. The summed E-state index contributed by atoms with van der Waals surface area (Å²) in [7, 11) is 0. The van der Waals surface area contributed by atoms with Gasteiger partial charge in [0.05, 0.1) is 0 Å². The molecule has 0 heterocycles. The van der Waals surface area contributed by atoms with E-state index in [-0.39, 0.29) is 5.91 Å². The number of nitrogens with one attached hydrogen (secondary N) is 1. The molecule has 0 aromatic heterocycles. The molecule has 1 rings (SSSR count). The summed E-state index contributed by atoms with van der Waals surface area (Å²) in [5.41, 5.74) is 4.27. The van der Waals surface area contributed by atoms with Crippen molar-refractivity contribution in [3.05, 3.63) is 0 Å². The lowest BCUT2D eigenvalue weighted by atomic mass is 10.1. The summed E-state index contributed by atoms with van der Waals surface area (Å²) < 4.78 is 0. The molecular weight excluding hydrogens is 168 g/mol. The zero-order chi connectivity index (χ0) is 10.1. The van der Waals surface area contributed by atoms with E-state index in [1.165, 1.54) is 0 Å². The molecule has 0 aromatic carbocycles. The zero-order valence-corrected chi connectivity index (χ0v) is 8.09. The maximum atomic E-state index is 11.5. The minimum atomic E-state index is -0.866. The predicted octanol–water partition coefficient (Wildman–Crippen LogP) is 0.0241. The molecule has 1 aliphatic carbocycles. The number of primary amides is 1. The number of hydrogen-bond acceptors (Lipinski definition) is 2. The SMILES string of the molecule is CC(C)CNC(=O)C1(C(N)=O)CC1. The Labute approximate surface area is 77.9 Å². The number of hydrogen-bond donors (Lipinski definition) is 2. The van der Waals surface area contributed by atoms with E-state index in [1.807, 2.05) is 13.8 Å². The van der Waals surface area contributed by atoms with Crippen LogP contribution in [0.1, 0.15) is 26.7 Å². The number of nitrogens with two attached hydrogens (primary N) is 1. The second kappa shape index (κ2) is 3.36. The van der Waals surface area contributed by atoms with Crippen LogP contribution in [0.15, 0.2) is 0 Å². The quantitative estimate of drug-likeness (QED) is 0.605. The molecule has 0 spiro atoms. The van der Waals surface area contributed by atoms with Gasteiger partial charge in [-0.3, -0.25) is 9.59 Å². The summed E-state index contributed by atoms with van der Waals surface area (Å²) in [4.78, 5) is 22.4. The van der Waals surface area contributed by atoms with Crippen molar-refractivity contribution in [1.82, 2.24) is 5.32 Å². The Kier molecular flexibility index (Phi) is 2.59. The van der Waals surface area contributed by atoms with E-state index in [9.17, 15) is 9.59 Å². The largest absolute Gasteiger partial charge is 0.369 e. The molecule has 0 aromatic rings. The maximum absolute atomic E-state index is 11.5. The monoisotopic (exact) mass is 184 g/mol. The number of rotatable bonds is 4. The van der Waals surface area contributed by atoms with E-state index in [0.29, 0.717) is 25.3 Å². The second-order valence-corrected chi connectivity index (χ2v) is 4.05. The van der Waals surface area contributed by atoms with Gasteiger partial charge in [0.25, 0.3) is 0 Å². The molecule has 4 nitrogen and oxygen atoms in total. The Morgan fingerprint density at radius 3 is 2.31 bits per heavy atom. The molecule has 1 aliphatic rings. The van der Waals surface area contributed by atoms with E-state index >= 15 is 0 Å². The molecule has 13 heavy (non-hydrogen) atoms. The summed E-state index contributed by atoms with van der Waals surface area (Å²) in [6.07, 6.45) is 1.21. The third-order valence-electron chi connectivity index (χ3n) is 2.33. The molecule has 2 amide bonds. The molecule has 0 atom stereocenters. The third-order valence-corrected chi connectivity index (χ3v) is 2.33. The van der Waals surface area contributed by atoms with Gasteiger partial charge in [-0.15, -0.1) is 0 Å². The average Bonchev–Trinajstić information content (AvgIpc) is 2.79. The molecule has 4 heteroatoms. The van der Waals surface area contributed by atoms with Crippen LogP contribution in [-0.4, -0.2) is 18.4 Å². The van der Waals surface area contributed by atoms with Gasteiger partial charge in [0, 0.05) is 6.54 Å². The van der Waals surface area contributed by atoms with Crippen LogP contribution in [0.25, 0.3) is 0 Å². The van der Waals surface area contributed by atoms with E-state index in [0.717, 1.165) is 0 Å². The van der Waals surface area contributed by atoms with E-state index in [2.05, 4.69) is 5.32 Å². The number of amides is 2. The molecule has 0 saturated heterocycles. The highest BCUT2D eigenvalue weighted by Crippen LogP contribution is 2.45. The van der Waals surface area contributed by atoms with Crippen molar-refractivity contribution in [3.63, 3.8) is 0 Å². The Morgan fingerprint density at radius 2 is 2.00 bits per heavy atom. The highest BCUT2D eigenvalue weighted by molar-refractivity contribution is 6.07. The van der Waals surface area contributed by atoms with Crippen LogP contribution in [-0.2, 0) is 9.59 Å². The standard InChI is InChI=1S/C9H16N2O2/c1-6(2)5-11-8(13)9(3-4-9)7(10)12/h6H,3-5H2,1-2H3,(H2,10,12)(H,11,13). The van der Waals surface area contributed by atoms with Crippen molar-refractivity contribution in [2.75, 3.05) is 6.54 Å². The van der Waals surface area contributed by atoms with Crippen LogP contribution < -0.4 is 11.1 Å². The molecule has 0 aliphatic heterocycles. The van der Waals surface area contributed by atoms with Gasteiger partial charge in [-0.1, -0.05) is 13.8 Å². The van der Waals surface area contributed by atoms with Crippen molar-refractivity contribution in [1.29, 1.82) is 0 Å². The van der Waals surface area contributed by atoms with Gasteiger partial charge in [-0.2, -0.15) is 0 Å². The number of carbonyl (C=O) groups is 2. The summed E-state index contributed by atoms with van der Waals surface area (Å²) in [6.45, 7) is 4.61. The van der Waals surface area contributed by atoms with Crippen LogP contribution in [0.4, 0.5) is 0 Å². The zero-order valence-electron chi connectivity index (χ0n) is 8.09. The van der Waals surface area contributed by atoms with Gasteiger partial charge in [-0.05, 0) is 18.8 Å². The van der Waals surface area contributed by atoms with E-state index < -0.39 is 11.3 Å². The number of carbonyl (C=O) groups excluding carboxylic acids is 2. The Morgan fingerprint density at radius 1 is 1.46 bits per heavy atom. The first-order chi connectivity index (χ1) is 5.99. The molecule has 74 valence electrons. The van der Waals surface area contributed by atoms with Crippen molar-refractivity contribution in [3.8, 4) is 0 Å². The van der Waals surface area contributed by atoms with Crippen molar-refractivity contribution in [2.24, 2.45) is 17.1 Å². The third kappa shape index (κ3) is 1.99. The van der Waals surface area contributed by atoms with Crippen molar-refractivity contribution >= 4 is 11.8 Å². The normalized spacial score (nSPS) is 18.4. The Balaban J connectivity index is 2.44. The van der Waals surface area contributed by atoms with E-state index in [4.69, 9.17) is 5.73 Å². The summed E-state index contributed by atoms with van der Waals surface area (Å²) in [5, 5.41) is 2.73. The first-order valence-electron chi connectivity index (χ1n) is 4.57. The van der Waals surface area contributed by atoms with Crippen molar-refractivity contribution < 1.29 is 9.59 Å². The van der Waals surface area contributed by atoms with Gasteiger partial charge in [0.1, 0.15) is 5.41 Å². The lowest BCUT2D eigenvalue weighted by Crippen LogP contribution is -2.41. The van der Waals surface area contributed by atoms with Crippen LogP contribution >= 0.6 is 0 Å². The Bertz CT molecular complexity index is 232. The van der Waals surface area contributed by atoms with E-state index in [1.54, 1.807) is 0 Å². The predicted molar refractivity (Wildman–Crippen MR) is 48.7 cm³/mol. The molecule has 3 N–H and O–H groups in total. The Hall–Kier alpha value is -1.06. The molecule has 0 radical (unpaired) electrons. The van der Waals surface area contributed by atoms with Gasteiger partial charge >= 0.3 is 0 Å². The molecule has 1 saturated carbocycles. The fourth-order valence-corrected chi connectivity index (χ4v) is 1.18.